The minimum atomic E-state index is 0.369. The van der Waals surface area contributed by atoms with E-state index in [2.05, 4.69) is 39.6 Å². The van der Waals surface area contributed by atoms with Crippen LogP contribution in [0.3, 0.4) is 0 Å². The zero-order valence-corrected chi connectivity index (χ0v) is 9.10. The van der Waals surface area contributed by atoms with Crippen LogP contribution in [0.4, 0.5) is 0 Å². The van der Waals surface area contributed by atoms with Gasteiger partial charge in [0.2, 0.25) is 0 Å². The van der Waals surface area contributed by atoms with Gasteiger partial charge in [0.25, 0.3) is 0 Å². The van der Waals surface area contributed by atoms with E-state index < -0.39 is 0 Å². The molecule has 13 heavy (non-hydrogen) atoms. The summed E-state index contributed by atoms with van der Waals surface area (Å²) in [6.45, 7) is 0. The summed E-state index contributed by atoms with van der Waals surface area (Å²) in [7, 11) is 1.66. The molecule has 0 bridgehead atoms. The molecule has 1 N–H and O–H groups in total. The third-order valence-electron chi connectivity index (χ3n) is 2.44. The van der Waals surface area contributed by atoms with Crippen LogP contribution >= 0.6 is 15.9 Å². The largest absolute Gasteiger partial charge is 0.305 e. The average Bonchev–Trinajstić information content (AvgIpc) is 2.49. The first-order valence-electron chi connectivity index (χ1n) is 4.38. The van der Waals surface area contributed by atoms with Crippen molar-refractivity contribution in [2.75, 3.05) is 7.11 Å². The van der Waals surface area contributed by atoms with Crippen molar-refractivity contribution < 1.29 is 4.84 Å². The van der Waals surface area contributed by atoms with Gasteiger partial charge in [-0.05, 0) is 36.1 Å². The summed E-state index contributed by atoms with van der Waals surface area (Å²) >= 11 is 3.47. The van der Waals surface area contributed by atoms with Gasteiger partial charge in [-0.25, -0.2) is 0 Å². The van der Waals surface area contributed by atoms with Gasteiger partial charge in [0.1, 0.15) is 0 Å². The highest BCUT2D eigenvalue weighted by Crippen LogP contribution is 2.32. The molecular weight excluding hydrogens is 230 g/mol. The molecule has 0 aliphatic heterocycles. The van der Waals surface area contributed by atoms with Crippen molar-refractivity contribution in [3.63, 3.8) is 0 Å². The number of nitrogens with one attached hydrogen (secondary N) is 1. The van der Waals surface area contributed by atoms with E-state index >= 15 is 0 Å². The SMILES string of the molecule is CONC1CCc2cc(Br)ccc21. The van der Waals surface area contributed by atoms with Gasteiger partial charge < -0.3 is 4.84 Å². The number of hydrogen-bond donors (Lipinski definition) is 1. The Morgan fingerprint density at radius 3 is 3.15 bits per heavy atom. The second kappa shape index (κ2) is 3.78. The fourth-order valence-electron chi connectivity index (χ4n) is 1.85. The maximum absolute atomic E-state index is 4.95. The predicted octanol–water partition coefficient (Wildman–Crippen LogP) is 2.59. The van der Waals surface area contributed by atoms with Gasteiger partial charge in [-0.1, -0.05) is 22.0 Å². The Labute approximate surface area is 86.4 Å². The van der Waals surface area contributed by atoms with Gasteiger partial charge in [-0.15, -0.1) is 0 Å². The summed E-state index contributed by atoms with van der Waals surface area (Å²) in [5, 5.41) is 0. The smallest absolute Gasteiger partial charge is 0.0577 e. The Morgan fingerprint density at radius 1 is 1.54 bits per heavy atom. The highest BCUT2D eigenvalue weighted by Gasteiger charge is 2.21. The van der Waals surface area contributed by atoms with Crippen LogP contribution in [0.1, 0.15) is 23.6 Å². The molecule has 1 aliphatic rings. The Morgan fingerprint density at radius 2 is 2.38 bits per heavy atom. The first-order chi connectivity index (χ1) is 6.31. The molecule has 2 nitrogen and oxygen atoms in total. The Bertz CT molecular complexity index is 314. The average molecular weight is 242 g/mol. The van der Waals surface area contributed by atoms with Crippen LogP contribution in [0.5, 0.6) is 0 Å². The second-order valence-corrected chi connectivity index (χ2v) is 4.17. The molecule has 1 aromatic carbocycles. The van der Waals surface area contributed by atoms with E-state index in [1.54, 1.807) is 7.11 Å². The molecule has 0 saturated heterocycles. The highest BCUT2D eigenvalue weighted by atomic mass is 79.9. The number of hydrogen-bond acceptors (Lipinski definition) is 2. The van der Waals surface area contributed by atoms with E-state index in [1.165, 1.54) is 11.1 Å². The number of hydroxylamine groups is 1. The number of rotatable bonds is 2. The molecule has 0 aromatic heterocycles. The summed E-state index contributed by atoms with van der Waals surface area (Å²) in [6.07, 6.45) is 2.26. The van der Waals surface area contributed by atoms with Gasteiger partial charge in [0.05, 0.1) is 13.2 Å². The molecule has 0 heterocycles. The molecule has 0 amide bonds. The van der Waals surface area contributed by atoms with E-state index in [0.717, 1.165) is 17.3 Å². The molecule has 1 aliphatic carbocycles. The number of halogens is 1. The van der Waals surface area contributed by atoms with Gasteiger partial charge in [-0.3, -0.25) is 0 Å². The van der Waals surface area contributed by atoms with Crippen LogP contribution in [0.15, 0.2) is 22.7 Å². The molecule has 0 fully saturated rings. The second-order valence-electron chi connectivity index (χ2n) is 3.26. The molecule has 1 unspecified atom stereocenters. The lowest BCUT2D eigenvalue weighted by molar-refractivity contribution is 0.0610. The molecule has 1 aromatic rings. The normalized spacial score (nSPS) is 20.3. The van der Waals surface area contributed by atoms with E-state index in [1.807, 2.05) is 0 Å². The Kier molecular flexibility index (Phi) is 2.67. The van der Waals surface area contributed by atoms with E-state index in [-0.39, 0.29) is 0 Å². The zero-order valence-electron chi connectivity index (χ0n) is 7.51. The molecule has 2 rings (SSSR count). The lowest BCUT2D eigenvalue weighted by Crippen LogP contribution is -2.17. The topological polar surface area (TPSA) is 21.3 Å². The quantitative estimate of drug-likeness (QED) is 0.805. The number of aryl methyl sites for hydroxylation is 1. The number of benzene rings is 1. The van der Waals surface area contributed by atoms with Crippen molar-refractivity contribution in [1.82, 2.24) is 5.48 Å². The van der Waals surface area contributed by atoms with Crippen molar-refractivity contribution in [3.05, 3.63) is 33.8 Å². The van der Waals surface area contributed by atoms with Crippen LogP contribution < -0.4 is 5.48 Å². The Balaban J connectivity index is 2.27. The van der Waals surface area contributed by atoms with Gasteiger partial charge in [-0.2, -0.15) is 5.48 Å². The van der Waals surface area contributed by atoms with E-state index in [4.69, 9.17) is 4.84 Å². The number of fused-ring (bicyclic) bond motifs is 1. The third kappa shape index (κ3) is 1.77. The fourth-order valence-corrected chi connectivity index (χ4v) is 2.26. The van der Waals surface area contributed by atoms with Crippen LogP contribution in [0.25, 0.3) is 0 Å². The lowest BCUT2D eigenvalue weighted by atomic mass is 10.1. The molecule has 1 atom stereocenters. The summed E-state index contributed by atoms with van der Waals surface area (Å²) < 4.78 is 1.16. The lowest BCUT2D eigenvalue weighted by Gasteiger charge is -2.11. The molecule has 0 saturated carbocycles. The van der Waals surface area contributed by atoms with Crippen molar-refractivity contribution in [1.29, 1.82) is 0 Å². The van der Waals surface area contributed by atoms with Crippen molar-refractivity contribution >= 4 is 15.9 Å². The van der Waals surface area contributed by atoms with Crippen molar-refractivity contribution in [3.8, 4) is 0 Å². The first-order valence-corrected chi connectivity index (χ1v) is 5.17. The van der Waals surface area contributed by atoms with Crippen LogP contribution in [0, 0.1) is 0 Å². The van der Waals surface area contributed by atoms with Gasteiger partial charge in [0, 0.05) is 4.47 Å². The van der Waals surface area contributed by atoms with E-state index in [9.17, 15) is 0 Å². The zero-order chi connectivity index (χ0) is 9.26. The summed E-state index contributed by atoms with van der Waals surface area (Å²) in [6, 6.07) is 6.79. The molecule has 70 valence electrons. The summed E-state index contributed by atoms with van der Waals surface area (Å²) in [5.74, 6) is 0. The standard InChI is InChI=1S/C10H12BrNO/c1-13-12-10-5-2-7-6-8(11)3-4-9(7)10/h3-4,6,10,12H,2,5H2,1H3. The molecule has 3 heteroatoms. The minimum Gasteiger partial charge on any atom is -0.305 e. The monoisotopic (exact) mass is 241 g/mol. The highest BCUT2D eigenvalue weighted by molar-refractivity contribution is 9.10. The molecule has 0 spiro atoms. The fraction of sp³-hybridized carbons (Fsp3) is 0.400. The molecule has 0 radical (unpaired) electrons. The van der Waals surface area contributed by atoms with Crippen molar-refractivity contribution in [2.45, 2.75) is 18.9 Å². The third-order valence-corrected chi connectivity index (χ3v) is 2.94. The predicted molar refractivity (Wildman–Crippen MR) is 55.3 cm³/mol. The summed E-state index contributed by atoms with van der Waals surface area (Å²) in [4.78, 5) is 4.95. The maximum Gasteiger partial charge on any atom is 0.0577 e. The minimum absolute atomic E-state index is 0.369. The van der Waals surface area contributed by atoms with Crippen molar-refractivity contribution in [2.24, 2.45) is 0 Å². The Hall–Kier alpha value is -0.380. The van der Waals surface area contributed by atoms with E-state index in [0.29, 0.717) is 6.04 Å². The maximum atomic E-state index is 4.95. The van der Waals surface area contributed by atoms with Gasteiger partial charge in [0.15, 0.2) is 0 Å². The molecular formula is C10H12BrNO. The first kappa shape index (κ1) is 9.19. The van der Waals surface area contributed by atoms with Gasteiger partial charge >= 0.3 is 0 Å². The van der Waals surface area contributed by atoms with Crippen LogP contribution in [0.2, 0.25) is 0 Å². The summed E-state index contributed by atoms with van der Waals surface area (Å²) in [5.41, 5.74) is 5.79. The van der Waals surface area contributed by atoms with Crippen LogP contribution in [-0.2, 0) is 11.3 Å². The van der Waals surface area contributed by atoms with Crippen LogP contribution in [-0.4, -0.2) is 7.11 Å².